The molecule has 2 aliphatic heterocycles. The summed E-state index contributed by atoms with van der Waals surface area (Å²) < 4.78 is 5.08. The van der Waals surface area contributed by atoms with Crippen LogP contribution in [0.25, 0.3) is 0 Å². The van der Waals surface area contributed by atoms with Crippen LogP contribution in [0.3, 0.4) is 0 Å². The summed E-state index contributed by atoms with van der Waals surface area (Å²) in [7, 11) is 1.69. The molecule has 7 heteroatoms. The van der Waals surface area contributed by atoms with Crippen molar-refractivity contribution in [2.75, 3.05) is 31.6 Å². The number of amidine groups is 1. The third-order valence-electron chi connectivity index (χ3n) is 6.01. The fourth-order valence-electron chi connectivity index (χ4n) is 4.42. The molecule has 33 heavy (non-hydrogen) atoms. The lowest BCUT2D eigenvalue weighted by Crippen LogP contribution is -2.41. The highest BCUT2D eigenvalue weighted by Gasteiger charge is 2.37. The van der Waals surface area contributed by atoms with Crippen molar-refractivity contribution in [1.82, 2.24) is 5.01 Å². The van der Waals surface area contributed by atoms with Crippen molar-refractivity contribution in [3.63, 3.8) is 0 Å². The Morgan fingerprint density at radius 1 is 1.21 bits per heavy atom. The second-order valence-corrected chi connectivity index (χ2v) is 10.2. The van der Waals surface area contributed by atoms with Crippen molar-refractivity contribution >= 4 is 34.2 Å². The van der Waals surface area contributed by atoms with Crippen LogP contribution in [0.2, 0.25) is 0 Å². The van der Waals surface area contributed by atoms with E-state index in [1.165, 1.54) is 23.0 Å². The highest BCUT2D eigenvalue weighted by Crippen LogP contribution is 2.38. The number of hydrazone groups is 1. The first-order chi connectivity index (χ1) is 15.9. The minimum Gasteiger partial charge on any atom is -0.497 e. The van der Waals surface area contributed by atoms with E-state index in [9.17, 15) is 4.79 Å². The fraction of sp³-hybridized carbons (Fsp3) is 0.423. The van der Waals surface area contributed by atoms with Crippen molar-refractivity contribution in [2.45, 2.75) is 45.3 Å². The van der Waals surface area contributed by atoms with Gasteiger partial charge in [-0.15, -0.1) is 0 Å². The highest BCUT2D eigenvalue weighted by atomic mass is 32.2. The van der Waals surface area contributed by atoms with Crippen LogP contribution in [0.5, 0.6) is 5.75 Å². The van der Waals surface area contributed by atoms with Gasteiger partial charge < -0.3 is 9.64 Å². The minimum atomic E-state index is -0.374. The summed E-state index contributed by atoms with van der Waals surface area (Å²) in [5, 5.41) is 6.30. The number of anilines is 1. The van der Waals surface area contributed by atoms with Crippen LogP contribution in [-0.4, -0.2) is 53.3 Å². The lowest BCUT2D eigenvalue weighted by molar-refractivity contribution is 0.226. The number of nitrogens with zero attached hydrogens (tertiary/aromatic N) is 4. The van der Waals surface area contributed by atoms with Gasteiger partial charge in [-0.1, -0.05) is 30.0 Å². The molecule has 0 spiro atoms. The molecule has 0 unspecified atom stereocenters. The molecule has 0 bridgehead atoms. The van der Waals surface area contributed by atoms with E-state index in [-0.39, 0.29) is 9.99 Å². The van der Waals surface area contributed by atoms with Gasteiger partial charge in [-0.25, -0.2) is 5.01 Å². The zero-order chi connectivity index (χ0) is 23.6. The van der Waals surface area contributed by atoms with E-state index in [0.29, 0.717) is 13.1 Å². The average molecular weight is 465 g/mol. The Morgan fingerprint density at radius 3 is 2.76 bits per heavy atom. The van der Waals surface area contributed by atoms with Crippen molar-refractivity contribution in [2.24, 2.45) is 10.1 Å². The van der Waals surface area contributed by atoms with Gasteiger partial charge in [0.2, 0.25) is 0 Å². The summed E-state index contributed by atoms with van der Waals surface area (Å²) in [5.74, 6) is 1.80. The summed E-state index contributed by atoms with van der Waals surface area (Å²) in [6, 6.07) is 14.7. The normalized spacial score (nSPS) is 18.2. The average Bonchev–Trinajstić information content (AvgIpc) is 2.81. The molecule has 174 valence electrons. The Balaban J connectivity index is 1.74. The predicted octanol–water partition coefficient (Wildman–Crippen LogP) is 5.59. The molecule has 4 rings (SSSR count). The predicted molar refractivity (Wildman–Crippen MR) is 138 cm³/mol. The molecule has 0 fully saturated rings. The third-order valence-corrected chi connectivity index (χ3v) is 7.10. The Bertz CT molecular complexity index is 1110. The number of ether oxygens (including phenoxy) is 1. The van der Waals surface area contributed by atoms with Gasteiger partial charge in [0.15, 0.2) is 0 Å². The van der Waals surface area contributed by atoms with Crippen molar-refractivity contribution in [1.29, 1.82) is 0 Å². The molecule has 0 radical (unpaired) electrons. The van der Waals surface area contributed by atoms with E-state index >= 15 is 0 Å². The van der Waals surface area contributed by atoms with Gasteiger partial charge in [-0.2, -0.15) is 5.10 Å². The van der Waals surface area contributed by atoms with Crippen LogP contribution in [0.15, 0.2) is 52.6 Å². The first kappa shape index (κ1) is 23.4. The number of thioether (sulfide) groups is 1. The fourth-order valence-corrected chi connectivity index (χ4v) is 5.38. The molecule has 0 saturated carbocycles. The van der Waals surface area contributed by atoms with Crippen molar-refractivity contribution < 1.29 is 9.53 Å². The number of amides is 1. The Kier molecular flexibility index (Phi) is 6.79. The summed E-state index contributed by atoms with van der Waals surface area (Å²) in [5.41, 5.74) is 5.55. The summed E-state index contributed by atoms with van der Waals surface area (Å²) >= 11 is 1.34. The number of carbonyl (C=O) groups excluding carboxylic acids is 1. The van der Waals surface area contributed by atoms with Gasteiger partial charge in [0.05, 0.1) is 17.6 Å². The van der Waals surface area contributed by atoms with Crippen molar-refractivity contribution in [3.05, 3.63) is 59.2 Å². The first-order valence-corrected chi connectivity index (χ1v) is 12.4. The number of carbonyl (C=O) groups is 1. The SMILES string of the molecule is CC/N=C(/c1cccc(OC)c1)N1CCCc2cc(C3=NN(CC)C(=O)SC3(C)C)ccc21. The molecule has 2 aromatic rings. The molecule has 2 heterocycles. The topological polar surface area (TPSA) is 57.5 Å². The van der Waals surface area contributed by atoms with Gasteiger partial charge in [0.25, 0.3) is 0 Å². The van der Waals surface area contributed by atoms with Gasteiger partial charge in [-0.3, -0.25) is 9.79 Å². The van der Waals surface area contributed by atoms with E-state index < -0.39 is 0 Å². The van der Waals surface area contributed by atoms with Crippen LogP contribution in [-0.2, 0) is 6.42 Å². The standard InChI is InChI=1S/C26H32N4O2S/c1-6-27-24(20-10-8-12-21(17-20)32-5)29-15-9-11-18-16-19(13-14-22(18)29)23-26(3,4)33-25(31)30(7-2)28-23/h8,10,12-14,16-17H,6-7,9,11,15H2,1-5H3/b27-24-. The third kappa shape index (κ3) is 4.64. The zero-order valence-electron chi connectivity index (χ0n) is 20.1. The molecule has 0 aliphatic carbocycles. The Morgan fingerprint density at radius 2 is 2.03 bits per heavy atom. The maximum absolute atomic E-state index is 12.4. The zero-order valence-corrected chi connectivity index (χ0v) is 20.9. The lowest BCUT2D eigenvalue weighted by Gasteiger charge is -2.35. The first-order valence-electron chi connectivity index (χ1n) is 11.6. The number of rotatable bonds is 5. The van der Waals surface area contributed by atoms with Crippen molar-refractivity contribution in [3.8, 4) is 5.75 Å². The molecule has 0 N–H and O–H groups in total. The maximum atomic E-state index is 12.4. The lowest BCUT2D eigenvalue weighted by atomic mass is 9.93. The molecule has 0 aromatic heterocycles. The Labute approximate surface area is 200 Å². The summed E-state index contributed by atoms with van der Waals surface area (Å²) in [6.45, 7) is 10.4. The molecule has 2 aromatic carbocycles. The Hall–Kier alpha value is -2.80. The second kappa shape index (κ2) is 9.59. The van der Waals surface area contributed by atoms with Crippen LogP contribution in [0.4, 0.5) is 10.5 Å². The molecule has 0 atom stereocenters. The largest absolute Gasteiger partial charge is 0.497 e. The van der Waals surface area contributed by atoms with Crippen LogP contribution in [0.1, 0.15) is 50.8 Å². The van der Waals surface area contributed by atoms with Gasteiger partial charge >= 0.3 is 5.24 Å². The highest BCUT2D eigenvalue weighted by molar-refractivity contribution is 8.15. The monoisotopic (exact) mass is 464 g/mol. The molecular formula is C26H32N4O2S. The molecule has 0 saturated heterocycles. The van der Waals surface area contributed by atoms with Crippen LogP contribution in [0, 0.1) is 0 Å². The van der Waals surface area contributed by atoms with E-state index in [4.69, 9.17) is 14.8 Å². The molecule has 2 aliphatic rings. The molecule has 6 nitrogen and oxygen atoms in total. The van der Waals surface area contributed by atoms with Crippen LogP contribution < -0.4 is 9.64 Å². The number of aryl methyl sites for hydroxylation is 1. The maximum Gasteiger partial charge on any atom is 0.302 e. The number of aliphatic imine (C=N–C) groups is 1. The van der Waals surface area contributed by atoms with Gasteiger partial charge in [-0.05, 0) is 75.9 Å². The van der Waals surface area contributed by atoms with E-state index in [0.717, 1.165) is 47.8 Å². The number of fused-ring (bicyclic) bond motifs is 1. The number of hydrogen-bond acceptors (Lipinski definition) is 5. The number of methoxy groups -OCH3 is 1. The smallest absolute Gasteiger partial charge is 0.302 e. The van der Waals surface area contributed by atoms with Crippen LogP contribution >= 0.6 is 11.8 Å². The van der Waals surface area contributed by atoms with Gasteiger partial charge in [0.1, 0.15) is 11.6 Å². The quantitative estimate of drug-likeness (QED) is 0.428. The minimum absolute atomic E-state index is 0.00842. The van der Waals surface area contributed by atoms with E-state index in [2.05, 4.69) is 49.9 Å². The molecular weight excluding hydrogens is 432 g/mol. The number of hydrogen-bond donors (Lipinski definition) is 0. The summed E-state index contributed by atoms with van der Waals surface area (Å²) in [4.78, 5) is 19.6. The van der Waals surface area contributed by atoms with Gasteiger partial charge in [0, 0.05) is 30.9 Å². The number of benzene rings is 2. The summed E-state index contributed by atoms with van der Waals surface area (Å²) in [6.07, 6.45) is 2.06. The molecule has 1 amide bonds. The van der Waals surface area contributed by atoms with E-state index in [1.807, 2.05) is 25.1 Å². The van der Waals surface area contributed by atoms with E-state index in [1.54, 1.807) is 12.1 Å². The second-order valence-electron chi connectivity index (χ2n) is 8.67.